The standard InChI is InChI=1S/C71H114O6/c1-4-7-10-13-16-19-22-25-28-31-34-35-38-40-43-46-49-52-55-58-61-64-70(73)76-67-68(77-71(74)65-62-59-56-53-50-47-44-41-37-33-30-27-24-21-18-15-12-9-6-3)66-75-69(72)63-60-57-54-51-48-45-42-39-36-32-29-26-23-20-17-14-11-8-5-2/h8-9,11-12,17-18,20-21,26-27,29-30,36-37,39,41,45,47-48,50,54,56-57,59,68H,4-7,10,13-16,19,22-25,28,31-35,38,40,42-44,46,49,51-53,55,58,60-67H2,1-3H3/b11-8-,12-9-,20-17-,21-18-,29-26-,30-27-,39-36-,41-37-,48-45-,50-47-,57-54-,59-56-/t68-/m1/s1. The Labute approximate surface area is 474 Å². The molecule has 6 nitrogen and oxygen atoms in total. The Morgan fingerprint density at radius 2 is 0.506 bits per heavy atom. The molecular formula is C71H114O6. The zero-order chi connectivity index (χ0) is 55.7. The lowest BCUT2D eigenvalue weighted by Gasteiger charge is -2.18. The monoisotopic (exact) mass is 1060 g/mol. The Balaban J connectivity index is 4.58. The molecule has 0 rings (SSSR count). The van der Waals surface area contributed by atoms with E-state index in [1.165, 1.54) is 116 Å². The maximum absolute atomic E-state index is 12.9. The summed E-state index contributed by atoms with van der Waals surface area (Å²) >= 11 is 0. The Bertz CT molecular complexity index is 1700. The fraction of sp³-hybridized carbons (Fsp3) is 0.620. The van der Waals surface area contributed by atoms with Crippen molar-refractivity contribution in [2.45, 2.75) is 271 Å². The second-order valence-electron chi connectivity index (χ2n) is 20.2. The van der Waals surface area contributed by atoms with Crippen molar-refractivity contribution in [3.63, 3.8) is 0 Å². The molecule has 0 spiro atoms. The number of carbonyl (C=O) groups excluding carboxylic acids is 3. The molecule has 0 aliphatic heterocycles. The van der Waals surface area contributed by atoms with Gasteiger partial charge in [0, 0.05) is 19.3 Å². The summed E-state index contributed by atoms with van der Waals surface area (Å²) in [6.07, 6.45) is 91.6. The number of esters is 3. The zero-order valence-corrected chi connectivity index (χ0v) is 49.7. The van der Waals surface area contributed by atoms with Gasteiger partial charge < -0.3 is 14.2 Å². The molecule has 0 amide bonds. The second-order valence-corrected chi connectivity index (χ2v) is 20.2. The van der Waals surface area contributed by atoms with E-state index in [2.05, 4.69) is 142 Å². The predicted molar refractivity (Wildman–Crippen MR) is 334 cm³/mol. The second kappa shape index (κ2) is 63.8. The summed E-state index contributed by atoms with van der Waals surface area (Å²) < 4.78 is 16.8. The third-order valence-corrected chi connectivity index (χ3v) is 12.9. The smallest absolute Gasteiger partial charge is 0.306 e. The van der Waals surface area contributed by atoms with Crippen LogP contribution in [-0.2, 0) is 28.6 Å². The molecule has 0 saturated carbocycles. The number of hydrogen-bond acceptors (Lipinski definition) is 6. The Kier molecular flexibility index (Phi) is 59.9. The van der Waals surface area contributed by atoms with Gasteiger partial charge in [0.25, 0.3) is 0 Å². The minimum atomic E-state index is -0.855. The lowest BCUT2D eigenvalue weighted by atomic mass is 10.0. The number of allylic oxidation sites excluding steroid dienone is 24. The highest BCUT2D eigenvalue weighted by Gasteiger charge is 2.19. The number of unbranched alkanes of at least 4 members (excludes halogenated alkanes) is 20. The normalized spacial score (nSPS) is 13.1. The molecule has 0 aromatic rings. The molecular weight excluding hydrogens is 949 g/mol. The minimum absolute atomic E-state index is 0.135. The van der Waals surface area contributed by atoms with Crippen LogP contribution >= 0.6 is 0 Å². The van der Waals surface area contributed by atoms with Gasteiger partial charge >= 0.3 is 17.9 Å². The predicted octanol–water partition coefficient (Wildman–Crippen LogP) is 21.5. The summed E-state index contributed by atoms with van der Waals surface area (Å²) in [5, 5.41) is 0. The average Bonchev–Trinajstić information content (AvgIpc) is 3.43. The van der Waals surface area contributed by atoms with Gasteiger partial charge in [-0.15, -0.1) is 0 Å². The fourth-order valence-electron chi connectivity index (χ4n) is 8.26. The molecule has 0 unspecified atom stereocenters. The van der Waals surface area contributed by atoms with E-state index in [0.717, 1.165) is 96.3 Å². The molecule has 0 N–H and O–H groups in total. The van der Waals surface area contributed by atoms with Crippen molar-refractivity contribution in [3.05, 3.63) is 146 Å². The van der Waals surface area contributed by atoms with E-state index in [1.807, 2.05) is 24.3 Å². The van der Waals surface area contributed by atoms with Gasteiger partial charge in [0.15, 0.2) is 6.10 Å². The zero-order valence-electron chi connectivity index (χ0n) is 49.7. The van der Waals surface area contributed by atoms with Crippen LogP contribution in [0.15, 0.2) is 146 Å². The van der Waals surface area contributed by atoms with Crippen molar-refractivity contribution in [1.29, 1.82) is 0 Å². The molecule has 0 radical (unpaired) electrons. The molecule has 0 fully saturated rings. The third kappa shape index (κ3) is 62.0. The molecule has 0 bridgehead atoms. The first-order valence-electron chi connectivity index (χ1n) is 31.3. The molecule has 0 aromatic heterocycles. The third-order valence-electron chi connectivity index (χ3n) is 12.9. The van der Waals surface area contributed by atoms with E-state index in [0.29, 0.717) is 19.3 Å². The van der Waals surface area contributed by atoms with Gasteiger partial charge in [-0.05, 0) is 96.3 Å². The van der Waals surface area contributed by atoms with Crippen molar-refractivity contribution in [1.82, 2.24) is 0 Å². The summed E-state index contributed by atoms with van der Waals surface area (Å²) in [5.41, 5.74) is 0. The van der Waals surface area contributed by atoms with E-state index < -0.39 is 12.1 Å². The lowest BCUT2D eigenvalue weighted by molar-refractivity contribution is -0.166. The summed E-state index contributed by atoms with van der Waals surface area (Å²) in [6.45, 7) is 6.30. The van der Waals surface area contributed by atoms with Crippen molar-refractivity contribution in [2.75, 3.05) is 13.2 Å². The van der Waals surface area contributed by atoms with Crippen LogP contribution in [0.3, 0.4) is 0 Å². The summed E-state index contributed by atoms with van der Waals surface area (Å²) in [4.78, 5) is 38.2. The van der Waals surface area contributed by atoms with Crippen molar-refractivity contribution in [2.24, 2.45) is 0 Å². The van der Waals surface area contributed by atoms with Crippen molar-refractivity contribution < 1.29 is 28.6 Å². The van der Waals surface area contributed by atoms with Gasteiger partial charge in [-0.2, -0.15) is 0 Å². The number of rotatable bonds is 55. The highest BCUT2D eigenvalue weighted by Crippen LogP contribution is 2.16. The molecule has 6 heteroatoms. The number of carbonyl (C=O) groups is 3. The molecule has 1 atom stereocenters. The van der Waals surface area contributed by atoms with Crippen LogP contribution in [0, 0.1) is 0 Å². The van der Waals surface area contributed by atoms with Crippen molar-refractivity contribution in [3.8, 4) is 0 Å². The first-order chi connectivity index (χ1) is 38.0. The van der Waals surface area contributed by atoms with Crippen LogP contribution in [0.5, 0.6) is 0 Å². The first kappa shape index (κ1) is 72.3. The van der Waals surface area contributed by atoms with Gasteiger partial charge in [-0.3, -0.25) is 14.4 Å². The Hall–Kier alpha value is -4.71. The van der Waals surface area contributed by atoms with Crippen LogP contribution in [0.4, 0.5) is 0 Å². The number of ether oxygens (including phenoxy) is 3. The maximum atomic E-state index is 12.9. The van der Waals surface area contributed by atoms with Gasteiger partial charge in [0.1, 0.15) is 13.2 Å². The minimum Gasteiger partial charge on any atom is -0.462 e. The van der Waals surface area contributed by atoms with E-state index in [4.69, 9.17) is 14.2 Å². The topological polar surface area (TPSA) is 78.9 Å². The van der Waals surface area contributed by atoms with Crippen LogP contribution in [0.2, 0.25) is 0 Å². The number of hydrogen-bond donors (Lipinski definition) is 0. The highest BCUT2D eigenvalue weighted by molar-refractivity contribution is 5.71. The Morgan fingerprint density at radius 1 is 0.273 bits per heavy atom. The van der Waals surface area contributed by atoms with Gasteiger partial charge in [-0.1, -0.05) is 295 Å². The quantitative estimate of drug-likeness (QED) is 0.0261. The molecule has 0 aliphatic rings. The molecule has 77 heavy (non-hydrogen) atoms. The molecule has 0 aromatic carbocycles. The lowest BCUT2D eigenvalue weighted by Crippen LogP contribution is -2.30. The maximum Gasteiger partial charge on any atom is 0.306 e. The molecule has 0 saturated heterocycles. The largest absolute Gasteiger partial charge is 0.462 e. The van der Waals surface area contributed by atoms with Gasteiger partial charge in [-0.25, -0.2) is 0 Å². The van der Waals surface area contributed by atoms with E-state index >= 15 is 0 Å². The fourth-order valence-corrected chi connectivity index (χ4v) is 8.26. The van der Waals surface area contributed by atoms with Gasteiger partial charge in [0.05, 0.1) is 0 Å². The molecule has 0 heterocycles. The van der Waals surface area contributed by atoms with E-state index in [9.17, 15) is 14.4 Å². The van der Waals surface area contributed by atoms with Crippen LogP contribution in [0.25, 0.3) is 0 Å². The summed E-state index contributed by atoms with van der Waals surface area (Å²) in [7, 11) is 0. The van der Waals surface area contributed by atoms with Crippen LogP contribution in [-0.4, -0.2) is 37.2 Å². The van der Waals surface area contributed by atoms with Gasteiger partial charge in [0.2, 0.25) is 0 Å². The van der Waals surface area contributed by atoms with E-state index in [-0.39, 0.29) is 38.0 Å². The summed E-state index contributed by atoms with van der Waals surface area (Å²) in [5.74, 6) is -1.11. The average molecular weight is 1060 g/mol. The molecule has 0 aliphatic carbocycles. The summed E-state index contributed by atoms with van der Waals surface area (Å²) in [6, 6.07) is 0. The van der Waals surface area contributed by atoms with E-state index in [1.54, 1.807) is 0 Å². The van der Waals surface area contributed by atoms with Crippen LogP contribution in [0.1, 0.15) is 265 Å². The van der Waals surface area contributed by atoms with Crippen molar-refractivity contribution >= 4 is 17.9 Å². The SMILES string of the molecule is CC/C=C\C/C=C\C/C=C\C/C=C\C/C=C\C/C=C\CCC(=O)OC[C@H](COC(=O)CCCCCCCCCCCCCCCCCCCCCCC)OC(=O)CC/C=C\C/C=C\C/C=C\C/C=C\C/C=C\C/C=C\CC. The first-order valence-corrected chi connectivity index (χ1v) is 31.3. The highest BCUT2D eigenvalue weighted by atomic mass is 16.6. The molecule has 434 valence electrons. The Morgan fingerprint density at radius 3 is 0.792 bits per heavy atom. The van der Waals surface area contributed by atoms with Crippen LogP contribution < -0.4 is 0 Å².